The number of nitrogens with zero attached hydrogens (tertiary/aromatic N) is 1. The van der Waals surface area contributed by atoms with Crippen LogP contribution in [-0.4, -0.2) is 47.6 Å². The molecule has 1 saturated carbocycles. The molecule has 0 aromatic carbocycles. The summed E-state index contributed by atoms with van der Waals surface area (Å²) in [6, 6.07) is 1.47. The molecule has 1 N–H and O–H groups in total. The summed E-state index contributed by atoms with van der Waals surface area (Å²) in [7, 11) is 0. The highest BCUT2D eigenvalue weighted by atomic mass is 32.2. The lowest BCUT2D eigenvalue weighted by atomic mass is 9.87. The minimum atomic E-state index is 0.557. The molecule has 0 spiro atoms. The summed E-state index contributed by atoms with van der Waals surface area (Å²) in [6.07, 6.45) is 12.1. The van der Waals surface area contributed by atoms with E-state index < -0.39 is 0 Å². The molecule has 0 aromatic heterocycles. The molecule has 0 bridgehead atoms. The molecule has 112 valence electrons. The van der Waals surface area contributed by atoms with Crippen LogP contribution in [0.25, 0.3) is 0 Å². The Balaban J connectivity index is 2.00. The molecule has 1 heterocycles. The van der Waals surface area contributed by atoms with Gasteiger partial charge in [-0.25, -0.2) is 0 Å². The first-order chi connectivity index (χ1) is 9.23. The van der Waals surface area contributed by atoms with Crippen molar-refractivity contribution < 1.29 is 0 Å². The first-order valence-electron chi connectivity index (χ1n) is 8.25. The third-order valence-corrected chi connectivity index (χ3v) is 6.67. The lowest BCUT2D eigenvalue weighted by molar-refractivity contribution is 0.105. The maximum Gasteiger partial charge on any atom is 0.0284 e. The highest BCUT2D eigenvalue weighted by Gasteiger charge is 2.36. The number of nitrogens with one attached hydrogen (secondary N) is 1. The molecular formula is C16H32N2S. The normalized spacial score (nSPS) is 32.4. The Morgan fingerprint density at radius 2 is 1.89 bits per heavy atom. The molecule has 2 aliphatic rings. The van der Waals surface area contributed by atoms with Gasteiger partial charge in [0, 0.05) is 36.5 Å². The van der Waals surface area contributed by atoms with Crippen LogP contribution >= 0.6 is 11.8 Å². The maximum atomic E-state index is 3.72. The lowest BCUT2D eigenvalue weighted by Gasteiger charge is -2.46. The third kappa shape index (κ3) is 3.89. The molecular weight excluding hydrogens is 252 g/mol. The van der Waals surface area contributed by atoms with E-state index in [4.69, 9.17) is 0 Å². The topological polar surface area (TPSA) is 15.3 Å². The highest BCUT2D eigenvalue weighted by Crippen LogP contribution is 2.39. The van der Waals surface area contributed by atoms with Crippen LogP contribution in [0, 0.1) is 0 Å². The zero-order valence-corrected chi connectivity index (χ0v) is 13.9. The summed E-state index contributed by atoms with van der Waals surface area (Å²) in [4.78, 5) is 2.81. The SMILES string of the molecule is CCC1CN(CC2(SC)CCCCC2)C(CC)CN1. The summed E-state index contributed by atoms with van der Waals surface area (Å²) >= 11 is 2.15. The van der Waals surface area contributed by atoms with Crippen molar-refractivity contribution in [2.24, 2.45) is 0 Å². The van der Waals surface area contributed by atoms with Gasteiger partial charge in [-0.2, -0.15) is 11.8 Å². The molecule has 0 amide bonds. The van der Waals surface area contributed by atoms with Crippen LogP contribution < -0.4 is 5.32 Å². The molecule has 0 radical (unpaired) electrons. The number of hydrogen-bond donors (Lipinski definition) is 1. The van der Waals surface area contributed by atoms with Crippen LogP contribution in [0.3, 0.4) is 0 Å². The third-order valence-electron chi connectivity index (χ3n) is 5.27. The van der Waals surface area contributed by atoms with Crippen LogP contribution in [0.15, 0.2) is 0 Å². The minimum absolute atomic E-state index is 0.557. The van der Waals surface area contributed by atoms with Gasteiger partial charge in [-0.15, -0.1) is 0 Å². The Kier molecular flexibility index (Phi) is 6.04. The van der Waals surface area contributed by atoms with Gasteiger partial charge in [-0.1, -0.05) is 33.1 Å². The van der Waals surface area contributed by atoms with Crippen LogP contribution in [0.4, 0.5) is 0 Å². The van der Waals surface area contributed by atoms with Gasteiger partial charge in [0.05, 0.1) is 0 Å². The number of hydrogen-bond acceptors (Lipinski definition) is 3. The van der Waals surface area contributed by atoms with Crippen LogP contribution in [0.2, 0.25) is 0 Å². The summed E-state index contributed by atoms with van der Waals surface area (Å²) in [5, 5.41) is 3.72. The standard InChI is InChI=1S/C16H32N2S/c1-4-14-12-18(15(5-2)11-17-14)13-16(19-3)9-7-6-8-10-16/h14-15,17H,4-13H2,1-3H3. The second kappa shape index (κ2) is 7.33. The molecule has 2 fully saturated rings. The van der Waals surface area contributed by atoms with E-state index in [2.05, 4.69) is 42.1 Å². The highest BCUT2D eigenvalue weighted by molar-refractivity contribution is 8.00. The average molecular weight is 285 g/mol. The summed E-state index contributed by atoms with van der Waals surface area (Å²) in [5.41, 5.74) is 0. The number of rotatable bonds is 5. The van der Waals surface area contributed by atoms with Crippen molar-refractivity contribution in [2.45, 2.75) is 75.6 Å². The zero-order valence-electron chi connectivity index (χ0n) is 13.1. The Labute approximate surface area is 124 Å². The van der Waals surface area contributed by atoms with E-state index in [1.807, 2.05) is 0 Å². The summed E-state index contributed by atoms with van der Waals surface area (Å²) in [6.45, 7) is 8.44. The molecule has 1 aliphatic heterocycles. The fraction of sp³-hybridized carbons (Fsp3) is 1.00. The van der Waals surface area contributed by atoms with E-state index in [0.29, 0.717) is 10.8 Å². The largest absolute Gasteiger partial charge is 0.311 e. The predicted octanol–water partition coefficient (Wildman–Crippen LogP) is 3.51. The van der Waals surface area contributed by atoms with Gasteiger partial charge in [0.2, 0.25) is 0 Å². The summed E-state index contributed by atoms with van der Waals surface area (Å²) < 4.78 is 0.557. The van der Waals surface area contributed by atoms with Crippen molar-refractivity contribution in [1.82, 2.24) is 10.2 Å². The van der Waals surface area contributed by atoms with Crippen molar-refractivity contribution in [1.29, 1.82) is 0 Å². The van der Waals surface area contributed by atoms with E-state index in [1.54, 1.807) is 0 Å². The number of piperazine rings is 1. The average Bonchev–Trinajstić information content (AvgIpc) is 2.48. The molecule has 2 nitrogen and oxygen atoms in total. The van der Waals surface area contributed by atoms with Crippen molar-refractivity contribution in [3.8, 4) is 0 Å². The number of thioether (sulfide) groups is 1. The molecule has 2 rings (SSSR count). The smallest absolute Gasteiger partial charge is 0.0284 e. The second-order valence-corrected chi connectivity index (χ2v) is 7.73. The van der Waals surface area contributed by atoms with Crippen LogP contribution in [0.5, 0.6) is 0 Å². The fourth-order valence-electron chi connectivity index (χ4n) is 3.79. The van der Waals surface area contributed by atoms with Gasteiger partial charge in [-0.3, -0.25) is 4.90 Å². The van der Waals surface area contributed by atoms with E-state index in [1.165, 1.54) is 64.6 Å². The molecule has 1 saturated heterocycles. The lowest BCUT2D eigenvalue weighted by Crippen LogP contribution is -2.59. The Morgan fingerprint density at radius 3 is 2.47 bits per heavy atom. The van der Waals surface area contributed by atoms with Gasteiger partial charge >= 0.3 is 0 Å². The van der Waals surface area contributed by atoms with Gasteiger partial charge in [0.15, 0.2) is 0 Å². The quantitative estimate of drug-likeness (QED) is 0.831. The predicted molar refractivity (Wildman–Crippen MR) is 87.1 cm³/mol. The van der Waals surface area contributed by atoms with Gasteiger partial charge < -0.3 is 5.32 Å². The molecule has 19 heavy (non-hydrogen) atoms. The van der Waals surface area contributed by atoms with Crippen molar-refractivity contribution in [3.05, 3.63) is 0 Å². The first-order valence-corrected chi connectivity index (χ1v) is 9.48. The molecule has 0 aromatic rings. The van der Waals surface area contributed by atoms with Gasteiger partial charge in [-0.05, 0) is 31.9 Å². The Bertz CT molecular complexity index is 263. The monoisotopic (exact) mass is 284 g/mol. The van der Waals surface area contributed by atoms with Crippen LogP contribution in [-0.2, 0) is 0 Å². The Hall–Kier alpha value is 0.270. The van der Waals surface area contributed by atoms with E-state index in [0.717, 1.165) is 6.04 Å². The maximum absolute atomic E-state index is 3.72. The first kappa shape index (κ1) is 15.7. The Morgan fingerprint density at radius 1 is 1.16 bits per heavy atom. The molecule has 2 atom stereocenters. The van der Waals surface area contributed by atoms with Gasteiger partial charge in [0.1, 0.15) is 0 Å². The van der Waals surface area contributed by atoms with Gasteiger partial charge in [0.25, 0.3) is 0 Å². The molecule has 3 heteroatoms. The zero-order chi connectivity index (χ0) is 13.7. The van der Waals surface area contributed by atoms with Crippen LogP contribution in [0.1, 0.15) is 58.8 Å². The molecule has 1 aliphatic carbocycles. The van der Waals surface area contributed by atoms with Crippen molar-refractivity contribution in [3.63, 3.8) is 0 Å². The second-order valence-electron chi connectivity index (χ2n) is 6.45. The van der Waals surface area contributed by atoms with Crippen molar-refractivity contribution >= 4 is 11.8 Å². The van der Waals surface area contributed by atoms with E-state index in [9.17, 15) is 0 Å². The van der Waals surface area contributed by atoms with E-state index >= 15 is 0 Å². The fourth-order valence-corrected chi connectivity index (χ4v) is 4.78. The van der Waals surface area contributed by atoms with E-state index in [-0.39, 0.29) is 0 Å². The summed E-state index contributed by atoms with van der Waals surface area (Å²) in [5.74, 6) is 0. The molecule has 2 unspecified atom stereocenters. The minimum Gasteiger partial charge on any atom is -0.311 e. The van der Waals surface area contributed by atoms with Crippen molar-refractivity contribution in [2.75, 3.05) is 25.9 Å².